The molecule has 1 aliphatic heterocycles. The zero-order valence-corrected chi connectivity index (χ0v) is 10.1. The second kappa shape index (κ2) is 6.59. The lowest BCUT2D eigenvalue weighted by Crippen LogP contribution is -2.40. The number of phenols is 1. The van der Waals surface area contributed by atoms with Crippen molar-refractivity contribution in [1.82, 2.24) is 10.2 Å². The molecule has 2 rings (SSSR count). The van der Waals surface area contributed by atoms with Crippen molar-refractivity contribution in [2.45, 2.75) is 6.54 Å². The second-order valence-corrected chi connectivity index (χ2v) is 4.30. The van der Waals surface area contributed by atoms with Crippen LogP contribution >= 0.6 is 0 Å². The number of hydrogen-bond acceptors (Lipinski definition) is 4. The van der Waals surface area contributed by atoms with Gasteiger partial charge in [0.2, 0.25) is 0 Å². The SMILES string of the molecule is Oc1cccc(CNCCN2CCOCC2)c1. The molecule has 1 fully saturated rings. The molecule has 94 valence electrons. The van der Waals surface area contributed by atoms with Gasteiger partial charge in [-0.15, -0.1) is 0 Å². The van der Waals surface area contributed by atoms with Gasteiger partial charge in [-0.25, -0.2) is 0 Å². The lowest BCUT2D eigenvalue weighted by molar-refractivity contribution is 0.0384. The van der Waals surface area contributed by atoms with Crippen molar-refractivity contribution in [3.05, 3.63) is 29.8 Å². The lowest BCUT2D eigenvalue weighted by atomic mass is 10.2. The van der Waals surface area contributed by atoms with E-state index in [2.05, 4.69) is 10.2 Å². The van der Waals surface area contributed by atoms with Crippen LogP contribution < -0.4 is 5.32 Å². The number of aromatic hydroxyl groups is 1. The van der Waals surface area contributed by atoms with Crippen LogP contribution in [0.1, 0.15) is 5.56 Å². The largest absolute Gasteiger partial charge is 0.508 e. The minimum atomic E-state index is 0.331. The van der Waals surface area contributed by atoms with Crippen molar-refractivity contribution in [3.63, 3.8) is 0 Å². The van der Waals surface area contributed by atoms with Crippen LogP contribution in [0.3, 0.4) is 0 Å². The van der Waals surface area contributed by atoms with Crippen LogP contribution in [0.15, 0.2) is 24.3 Å². The summed E-state index contributed by atoms with van der Waals surface area (Å²) >= 11 is 0. The third kappa shape index (κ3) is 4.34. The molecular weight excluding hydrogens is 216 g/mol. The Balaban J connectivity index is 1.62. The first-order valence-corrected chi connectivity index (χ1v) is 6.13. The van der Waals surface area contributed by atoms with Gasteiger partial charge in [0.1, 0.15) is 5.75 Å². The average Bonchev–Trinajstić information content (AvgIpc) is 2.36. The van der Waals surface area contributed by atoms with Gasteiger partial charge < -0.3 is 15.2 Å². The quantitative estimate of drug-likeness (QED) is 0.743. The number of ether oxygens (including phenoxy) is 1. The summed E-state index contributed by atoms with van der Waals surface area (Å²) in [7, 11) is 0. The zero-order valence-electron chi connectivity index (χ0n) is 10.1. The smallest absolute Gasteiger partial charge is 0.115 e. The van der Waals surface area contributed by atoms with Gasteiger partial charge in [0.25, 0.3) is 0 Å². The van der Waals surface area contributed by atoms with E-state index in [4.69, 9.17) is 4.74 Å². The normalized spacial score (nSPS) is 17.2. The standard InChI is InChI=1S/C13H20N2O2/c16-13-3-1-2-12(10-13)11-14-4-5-15-6-8-17-9-7-15/h1-3,10,14,16H,4-9,11H2. The van der Waals surface area contributed by atoms with Crippen LogP contribution in [0, 0.1) is 0 Å². The Hall–Kier alpha value is -1.10. The van der Waals surface area contributed by atoms with Crippen molar-refractivity contribution in [2.24, 2.45) is 0 Å². The molecule has 0 bridgehead atoms. The summed E-state index contributed by atoms with van der Waals surface area (Å²) in [5.74, 6) is 0.331. The fourth-order valence-electron chi connectivity index (χ4n) is 1.96. The molecule has 0 radical (unpaired) electrons. The first-order valence-electron chi connectivity index (χ1n) is 6.13. The maximum Gasteiger partial charge on any atom is 0.115 e. The van der Waals surface area contributed by atoms with Gasteiger partial charge in [0.05, 0.1) is 13.2 Å². The molecule has 1 aromatic carbocycles. The number of nitrogens with zero attached hydrogens (tertiary/aromatic N) is 1. The third-order valence-corrected chi connectivity index (χ3v) is 2.95. The van der Waals surface area contributed by atoms with Crippen LogP contribution in [0.25, 0.3) is 0 Å². The first-order chi connectivity index (χ1) is 8.34. The molecule has 1 heterocycles. The number of phenolic OH excluding ortho intramolecular Hbond substituents is 1. The first kappa shape index (κ1) is 12.4. The molecule has 0 amide bonds. The van der Waals surface area contributed by atoms with Gasteiger partial charge in [-0.1, -0.05) is 12.1 Å². The highest BCUT2D eigenvalue weighted by atomic mass is 16.5. The van der Waals surface area contributed by atoms with Crippen LogP contribution in [-0.4, -0.2) is 49.4 Å². The molecule has 1 saturated heterocycles. The Morgan fingerprint density at radius 1 is 1.29 bits per heavy atom. The molecule has 17 heavy (non-hydrogen) atoms. The summed E-state index contributed by atoms with van der Waals surface area (Å²) in [4.78, 5) is 2.40. The van der Waals surface area contributed by atoms with Gasteiger partial charge in [-0.05, 0) is 17.7 Å². The summed E-state index contributed by atoms with van der Waals surface area (Å²) in [5, 5.41) is 12.7. The van der Waals surface area contributed by atoms with E-state index >= 15 is 0 Å². The molecule has 0 aromatic heterocycles. The Morgan fingerprint density at radius 2 is 2.12 bits per heavy atom. The molecular formula is C13H20N2O2. The highest BCUT2D eigenvalue weighted by Gasteiger charge is 2.08. The maximum atomic E-state index is 9.32. The van der Waals surface area contributed by atoms with Gasteiger partial charge in [-0.3, -0.25) is 4.90 Å². The van der Waals surface area contributed by atoms with Crippen molar-refractivity contribution >= 4 is 0 Å². The molecule has 0 spiro atoms. The summed E-state index contributed by atoms with van der Waals surface area (Å²) in [5.41, 5.74) is 1.12. The fourth-order valence-corrected chi connectivity index (χ4v) is 1.96. The van der Waals surface area contributed by atoms with Crippen molar-refractivity contribution < 1.29 is 9.84 Å². The van der Waals surface area contributed by atoms with E-state index in [-0.39, 0.29) is 0 Å². The Kier molecular flexibility index (Phi) is 4.79. The average molecular weight is 236 g/mol. The fraction of sp³-hybridized carbons (Fsp3) is 0.538. The minimum Gasteiger partial charge on any atom is -0.508 e. The Labute approximate surface area is 102 Å². The predicted molar refractivity (Wildman–Crippen MR) is 67.1 cm³/mol. The number of nitrogens with one attached hydrogen (secondary N) is 1. The molecule has 0 aliphatic carbocycles. The Bertz CT molecular complexity index is 338. The van der Waals surface area contributed by atoms with E-state index in [0.29, 0.717) is 5.75 Å². The van der Waals surface area contributed by atoms with E-state index in [1.807, 2.05) is 12.1 Å². The predicted octanol–water partition coefficient (Wildman–Crippen LogP) is 0.814. The van der Waals surface area contributed by atoms with Crippen LogP contribution in [0.4, 0.5) is 0 Å². The van der Waals surface area contributed by atoms with Crippen LogP contribution in [0.2, 0.25) is 0 Å². The van der Waals surface area contributed by atoms with E-state index in [0.717, 1.165) is 51.5 Å². The van der Waals surface area contributed by atoms with Gasteiger partial charge >= 0.3 is 0 Å². The highest BCUT2D eigenvalue weighted by molar-refractivity contribution is 5.26. The van der Waals surface area contributed by atoms with Gasteiger partial charge in [0, 0.05) is 32.7 Å². The molecule has 1 aliphatic rings. The number of hydrogen-bond donors (Lipinski definition) is 2. The van der Waals surface area contributed by atoms with Crippen molar-refractivity contribution in [2.75, 3.05) is 39.4 Å². The number of morpholine rings is 1. The topological polar surface area (TPSA) is 44.7 Å². The molecule has 0 unspecified atom stereocenters. The van der Waals surface area contributed by atoms with Crippen molar-refractivity contribution in [1.29, 1.82) is 0 Å². The van der Waals surface area contributed by atoms with E-state index in [1.54, 1.807) is 12.1 Å². The molecule has 0 atom stereocenters. The minimum absolute atomic E-state index is 0.331. The number of rotatable bonds is 5. The van der Waals surface area contributed by atoms with Gasteiger partial charge in [-0.2, -0.15) is 0 Å². The maximum absolute atomic E-state index is 9.32. The lowest BCUT2D eigenvalue weighted by Gasteiger charge is -2.26. The highest BCUT2D eigenvalue weighted by Crippen LogP contribution is 2.10. The Morgan fingerprint density at radius 3 is 2.88 bits per heavy atom. The number of benzene rings is 1. The van der Waals surface area contributed by atoms with Crippen molar-refractivity contribution in [3.8, 4) is 5.75 Å². The van der Waals surface area contributed by atoms with E-state index in [1.165, 1.54) is 0 Å². The summed E-state index contributed by atoms with van der Waals surface area (Å²) in [6.45, 7) is 6.61. The summed E-state index contributed by atoms with van der Waals surface area (Å²) in [6, 6.07) is 7.37. The molecule has 0 saturated carbocycles. The third-order valence-electron chi connectivity index (χ3n) is 2.95. The van der Waals surface area contributed by atoms with E-state index < -0.39 is 0 Å². The summed E-state index contributed by atoms with van der Waals surface area (Å²) < 4.78 is 5.30. The molecule has 4 nitrogen and oxygen atoms in total. The molecule has 2 N–H and O–H groups in total. The monoisotopic (exact) mass is 236 g/mol. The molecule has 4 heteroatoms. The zero-order chi connectivity index (χ0) is 11.9. The molecule has 1 aromatic rings. The van der Waals surface area contributed by atoms with Crippen LogP contribution in [0.5, 0.6) is 5.75 Å². The van der Waals surface area contributed by atoms with Crippen LogP contribution in [-0.2, 0) is 11.3 Å². The van der Waals surface area contributed by atoms with Gasteiger partial charge in [0.15, 0.2) is 0 Å². The van der Waals surface area contributed by atoms with E-state index in [9.17, 15) is 5.11 Å². The second-order valence-electron chi connectivity index (χ2n) is 4.30. The summed E-state index contributed by atoms with van der Waals surface area (Å²) in [6.07, 6.45) is 0.